The summed E-state index contributed by atoms with van der Waals surface area (Å²) in [6, 6.07) is 0. The van der Waals surface area contributed by atoms with Crippen LogP contribution in [0.15, 0.2) is 0 Å². The highest BCUT2D eigenvalue weighted by Crippen LogP contribution is 2.36. The third-order valence-electron chi connectivity index (χ3n) is 1.95. The molecule has 3 N–H and O–H groups in total. The fourth-order valence-corrected chi connectivity index (χ4v) is 1.71. The van der Waals surface area contributed by atoms with E-state index in [-0.39, 0.29) is 17.0 Å². The molecule has 0 aromatic heterocycles. The molecular formula is C6H11Br2NO2. The summed E-state index contributed by atoms with van der Waals surface area (Å²) in [5.74, 6) is -0.411. The Morgan fingerprint density at radius 1 is 1.73 bits per heavy atom. The maximum Gasteiger partial charge on any atom is 0.323 e. The third-order valence-corrected chi connectivity index (χ3v) is 2.87. The zero-order valence-electron chi connectivity index (χ0n) is 5.92. The van der Waals surface area contributed by atoms with Crippen LogP contribution in [0.3, 0.4) is 0 Å². The van der Waals surface area contributed by atoms with E-state index in [4.69, 9.17) is 10.8 Å². The monoisotopic (exact) mass is 287 g/mol. The molecule has 1 rings (SSSR count). The molecule has 11 heavy (non-hydrogen) atoms. The summed E-state index contributed by atoms with van der Waals surface area (Å²) >= 11 is 3.28. The lowest BCUT2D eigenvalue weighted by Gasteiger charge is -2.40. The number of aliphatic carboxylic acids is 1. The molecule has 0 heterocycles. The number of nitrogens with two attached hydrogens (primary N) is 1. The van der Waals surface area contributed by atoms with E-state index in [1.165, 1.54) is 0 Å². The van der Waals surface area contributed by atoms with Crippen LogP contribution in [0.25, 0.3) is 0 Å². The molecule has 0 spiro atoms. The van der Waals surface area contributed by atoms with Crippen molar-refractivity contribution in [2.45, 2.75) is 18.4 Å². The van der Waals surface area contributed by atoms with Gasteiger partial charge in [-0.25, -0.2) is 0 Å². The molecule has 0 radical (unpaired) electrons. The van der Waals surface area contributed by atoms with Crippen LogP contribution in [-0.2, 0) is 4.79 Å². The number of hydrogen-bond donors (Lipinski definition) is 2. The zero-order chi connectivity index (χ0) is 7.78. The molecule has 0 atom stereocenters. The van der Waals surface area contributed by atoms with E-state index in [0.717, 1.165) is 5.33 Å². The fraction of sp³-hybridized carbons (Fsp3) is 0.833. The first-order valence-corrected chi connectivity index (χ1v) is 4.29. The average Bonchev–Trinajstić information content (AvgIpc) is 1.80. The van der Waals surface area contributed by atoms with Gasteiger partial charge in [-0.15, -0.1) is 17.0 Å². The Morgan fingerprint density at radius 3 is 2.45 bits per heavy atom. The van der Waals surface area contributed by atoms with Crippen molar-refractivity contribution in [3.8, 4) is 0 Å². The Balaban J connectivity index is 0.000001000. The Hall–Kier alpha value is 0.390. The van der Waals surface area contributed by atoms with Crippen LogP contribution in [0.1, 0.15) is 12.8 Å². The van der Waals surface area contributed by atoms with E-state index in [2.05, 4.69) is 15.9 Å². The van der Waals surface area contributed by atoms with E-state index in [0.29, 0.717) is 18.8 Å². The summed E-state index contributed by atoms with van der Waals surface area (Å²) < 4.78 is 0. The van der Waals surface area contributed by atoms with Crippen LogP contribution >= 0.6 is 32.9 Å². The number of hydrogen-bond acceptors (Lipinski definition) is 2. The number of halogens is 2. The molecule has 5 heteroatoms. The SMILES string of the molecule is Br.N[C@]1(C(=O)O)C[C@@H](CBr)C1. The number of carbonyl (C=O) groups is 1. The van der Waals surface area contributed by atoms with Gasteiger partial charge in [0, 0.05) is 5.33 Å². The van der Waals surface area contributed by atoms with Gasteiger partial charge in [-0.1, -0.05) is 15.9 Å². The van der Waals surface area contributed by atoms with E-state index in [1.54, 1.807) is 0 Å². The van der Waals surface area contributed by atoms with Gasteiger partial charge in [0.25, 0.3) is 0 Å². The summed E-state index contributed by atoms with van der Waals surface area (Å²) in [6.07, 6.45) is 1.21. The zero-order valence-corrected chi connectivity index (χ0v) is 9.22. The van der Waals surface area contributed by atoms with Crippen molar-refractivity contribution < 1.29 is 9.90 Å². The van der Waals surface area contributed by atoms with Crippen LogP contribution in [0.5, 0.6) is 0 Å². The molecule has 0 amide bonds. The van der Waals surface area contributed by atoms with Crippen LogP contribution in [0.2, 0.25) is 0 Å². The first-order valence-electron chi connectivity index (χ1n) is 3.17. The summed E-state index contributed by atoms with van der Waals surface area (Å²) in [6.45, 7) is 0. The van der Waals surface area contributed by atoms with Crippen LogP contribution in [-0.4, -0.2) is 21.9 Å². The molecule has 0 unspecified atom stereocenters. The molecule has 1 fully saturated rings. The summed E-state index contributed by atoms with van der Waals surface area (Å²) in [5, 5.41) is 9.43. The molecule has 1 aliphatic carbocycles. The lowest BCUT2D eigenvalue weighted by Crippen LogP contribution is -2.58. The molecule has 0 bridgehead atoms. The van der Waals surface area contributed by atoms with Gasteiger partial charge in [0.2, 0.25) is 0 Å². The minimum absolute atomic E-state index is 0. The standard InChI is InChI=1S/C6H10BrNO2.BrH/c7-3-4-1-6(8,2-4)5(9)10;/h4H,1-3,8H2,(H,9,10);1H/t4-,6-;. The van der Waals surface area contributed by atoms with E-state index in [1.807, 2.05) is 0 Å². The van der Waals surface area contributed by atoms with Crippen LogP contribution in [0, 0.1) is 5.92 Å². The largest absolute Gasteiger partial charge is 0.480 e. The van der Waals surface area contributed by atoms with Crippen molar-refractivity contribution in [1.82, 2.24) is 0 Å². The van der Waals surface area contributed by atoms with E-state index < -0.39 is 11.5 Å². The maximum atomic E-state index is 10.4. The highest BCUT2D eigenvalue weighted by atomic mass is 79.9. The normalized spacial score (nSPS) is 35.3. The second-order valence-electron chi connectivity index (χ2n) is 2.89. The smallest absolute Gasteiger partial charge is 0.323 e. The van der Waals surface area contributed by atoms with Crippen molar-refractivity contribution in [1.29, 1.82) is 0 Å². The van der Waals surface area contributed by atoms with E-state index in [9.17, 15) is 4.79 Å². The maximum absolute atomic E-state index is 10.4. The predicted octanol–water partition coefficient (Wildman–Crippen LogP) is 1.15. The number of alkyl halides is 1. The van der Waals surface area contributed by atoms with Crippen molar-refractivity contribution in [3.63, 3.8) is 0 Å². The number of carboxylic acids is 1. The predicted molar refractivity (Wildman–Crippen MR) is 51.4 cm³/mol. The van der Waals surface area contributed by atoms with Gasteiger partial charge in [0.05, 0.1) is 0 Å². The Labute approximate surface area is 84.2 Å². The Kier molecular flexibility index (Phi) is 4.00. The van der Waals surface area contributed by atoms with Gasteiger partial charge in [-0.3, -0.25) is 4.79 Å². The molecule has 1 saturated carbocycles. The number of carboxylic acid groups (broad SMARTS) is 1. The minimum Gasteiger partial charge on any atom is -0.480 e. The minimum atomic E-state index is -0.918. The van der Waals surface area contributed by atoms with Gasteiger partial charge in [0.15, 0.2) is 0 Å². The summed E-state index contributed by atoms with van der Waals surface area (Å²) in [7, 11) is 0. The third kappa shape index (κ3) is 2.16. The molecule has 0 aliphatic heterocycles. The van der Waals surface area contributed by atoms with Crippen molar-refractivity contribution in [2.24, 2.45) is 11.7 Å². The van der Waals surface area contributed by atoms with Crippen molar-refractivity contribution in [3.05, 3.63) is 0 Å². The Morgan fingerprint density at radius 2 is 2.18 bits per heavy atom. The van der Waals surface area contributed by atoms with Gasteiger partial charge in [-0.05, 0) is 18.8 Å². The van der Waals surface area contributed by atoms with Gasteiger partial charge in [0.1, 0.15) is 5.54 Å². The van der Waals surface area contributed by atoms with Crippen molar-refractivity contribution >= 4 is 38.9 Å². The van der Waals surface area contributed by atoms with Crippen LogP contribution < -0.4 is 5.73 Å². The molecule has 66 valence electrons. The first-order chi connectivity index (χ1) is 4.58. The fourth-order valence-electron chi connectivity index (χ4n) is 1.25. The summed E-state index contributed by atoms with van der Waals surface area (Å²) in [5.41, 5.74) is 4.57. The van der Waals surface area contributed by atoms with Gasteiger partial charge in [-0.2, -0.15) is 0 Å². The second-order valence-corrected chi connectivity index (χ2v) is 3.54. The topological polar surface area (TPSA) is 63.3 Å². The quantitative estimate of drug-likeness (QED) is 0.750. The van der Waals surface area contributed by atoms with Gasteiger partial charge < -0.3 is 10.8 Å². The highest BCUT2D eigenvalue weighted by Gasteiger charge is 2.46. The van der Waals surface area contributed by atoms with Crippen molar-refractivity contribution in [2.75, 3.05) is 5.33 Å². The van der Waals surface area contributed by atoms with Gasteiger partial charge >= 0.3 is 5.97 Å². The van der Waals surface area contributed by atoms with E-state index >= 15 is 0 Å². The molecule has 1 aliphatic rings. The average molecular weight is 289 g/mol. The first kappa shape index (κ1) is 11.4. The molecule has 0 aromatic carbocycles. The highest BCUT2D eigenvalue weighted by molar-refractivity contribution is 9.09. The Bertz CT molecular complexity index is 157. The molecular weight excluding hydrogens is 278 g/mol. The molecule has 0 saturated heterocycles. The summed E-state index contributed by atoms with van der Waals surface area (Å²) in [4.78, 5) is 10.4. The van der Waals surface area contributed by atoms with Crippen LogP contribution in [0.4, 0.5) is 0 Å². The number of rotatable bonds is 2. The molecule has 0 aromatic rings. The second kappa shape index (κ2) is 3.87. The lowest BCUT2D eigenvalue weighted by atomic mass is 9.70. The lowest BCUT2D eigenvalue weighted by molar-refractivity contribution is -0.148. The molecule has 3 nitrogen and oxygen atoms in total.